The number of carboxylic acids is 1. The minimum absolute atomic E-state index is 0.161. The van der Waals surface area contributed by atoms with Crippen LogP contribution in [0.3, 0.4) is 0 Å². The summed E-state index contributed by atoms with van der Waals surface area (Å²) < 4.78 is 0. The van der Waals surface area contributed by atoms with Crippen molar-refractivity contribution in [1.82, 2.24) is 0 Å². The Morgan fingerprint density at radius 1 is 0.842 bits per heavy atom. The molecule has 0 aromatic rings. The summed E-state index contributed by atoms with van der Waals surface area (Å²) in [5, 5.41) is 28.9. The van der Waals surface area contributed by atoms with Gasteiger partial charge >= 0.3 is 5.97 Å². The fourth-order valence-corrected chi connectivity index (χ4v) is 4.03. The van der Waals surface area contributed by atoms with Crippen LogP contribution in [0.15, 0.2) is 0 Å². The van der Waals surface area contributed by atoms with Gasteiger partial charge in [0, 0.05) is 0 Å². The Kier molecular flexibility index (Phi) is 4.51. The largest absolute Gasteiger partial charge is 0.481 e. The standard InChI is InChI=1S/C15H26O4/c1-15(14(18)19,10-2-6-12(16)7-3-10)11-4-8-13(17)9-5-11/h10-13,16-17H,2-9H2,1H3,(H,18,19). The summed E-state index contributed by atoms with van der Waals surface area (Å²) in [6.07, 6.45) is 5.64. The van der Waals surface area contributed by atoms with Gasteiger partial charge in [-0.3, -0.25) is 4.79 Å². The zero-order valence-corrected chi connectivity index (χ0v) is 11.7. The molecule has 0 atom stereocenters. The van der Waals surface area contributed by atoms with Crippen LogP contribution < -0.4 is 0 Å². The molecule has 2 saturated carbocycles. The van der Waals surface area contributed by atoms with Gasteiger partial charge in [-0.25, -0.2) is 0 Å². The third-order valence-electron chi connectivity index (χ3n) is 5.55. The summed E-state index contributed by atoms with van der Waals surface area (Å²) in [7, 11) is 0. The van der Waals surface area contributed by atoms with E-state index in [1.54, 1.807) is 0 Å². The summed E-state index contributed by atoms with van der Waals surface area (Å²) in [4.78, 5) is 11.9. The normalized spacial score (nSPS) is 39.5. The molecule has 0 aromatic carbocycles. The lowest BCUT2D eigenvalue weighted by atomic mass is 9.59. The van der Waals surface area contributed by atoms with E-state index in [1.807, 2.05) is 6.92 Å². The quantitative estimate of drug-likeness (QED) is 0.734. The molecule has 4 heteroatoms. The number of aliphatic hydroxyl groups excluding tert-OH is 2. The van der Waals surface area contributed by atoms with Crippen molar-refractivity contribution in [2.45, 2.75) is 70.5 Å². The minimum atomic E-state index is -0.699. The zero-order chi connectivity index (χ0) is 14.0. The highest BCUT2D eigenvalue weighted by molar-refractivity contribution is 5.75. The van der Waals surface area contributed by atoms with Crippen LogP contribution in [0.5, 0.6) is 0 Å². The van der Waals surface area contributed by atoms with Gasteiger partial charge in [-0.05, 0) is 70.1 Å². The monoisotopic (exact) mass is 270 g/mol. The molecular weight excluding hydrogens is 244 g/mol. The van der Waals surface area contributed by atoms with Crippen LogP contribution in [-0.4, -0.2) is 33.5 Å². The molecule has 4 nitrogen and oxygen atoms in total. The molecule has 2 rings (SSSR count). The molecule has 2 aliphatic rings. The number of hydrogen-bond donors (Lipinski definition) is 3. The number of aliphatic hydroxyl groups is 2. The van der Waals surface area contributed by atoms with Gasteiger partial charge in [0.1, 0.15) is 0 Å². The van der Waals surface area contributed by atoms with E-state index in [0.29, 0.717) is 0 Å². The van der Waals surface area contributed by atoms with Crippen molar-refractivity contribution in [3.8, 4) is 0 Å². The maximum Gasteiger partial charge on any atom is 0.309 e. The van der Waals surface area contributed by atoms with Crippen molar-refractivity contribution in [2.75, 3.05) is 0 Å². The fourth-order valence-electron chi connectivity index (χ4n) is 4.03. The Hall–Kier alpha value is -0.610. The van der Waals surface area contributed by atoms with Crippen LogP contribution in [0, 0.1) is 17.3 Å². The van der Waals surface area contributed by atoms with E-state index in [9.17, 15) is 20.1 Å². The highest BCUT2D eigenvalue weighted by atomic mass is 16.4. The molecule has 0 saturated heterocycles. The van der Waals surface area contributed by atoms with E-state index in [4.69, 9.17) is 0 Å². The first kappa shape index (κ1) is 14.8. The van der Waals surface area contributed by atoms with Gasteiger partial charge in [-0.15, -0.1) is 0 Å². The van der Waals surface area contributed by atoms with Gasteiger partial charge in [0.05, 0.1) is 17.6 Å². The van der Waals surface area contributed by atoms with Gasteiger partial charge in [0.25, 0.3) is 0 Å². The van der Waals surface area contributed by atoms with Crippen LogP contribution in [0.25, 0.3) is 0 Å². The van der Waals surface area contributed by atoms with E-state index in [2.05, 4.69) is 0 Å². The Morgan fingerprint density at radius 2 is 1.16 bits per heavy atom. The first-order valence-corrected chi connectivity index (χ1v) is 7.54. The van der Waals surface area contributed by atoms with Gasteiger partial charge in [0.15, 0.2) is 0 Å². The summed E-state index contributed by atoms with van der Waals surface area (Å²) in [5.41, 5.74) is -0.694. The molecule has 0 aliphatic heterocycles. The molecule has 19 heavy (non-hydrogen) atoms. The van der Waals surface area contributed by atoms with Gasteiger partial charge in [0.2, 0.25) is 0 Å². The zero-order valence-electron chi connectivity index (χ0n) is 11.7. The lowest BCUT2D eigenvalue weighted by Gasteiger charge is -2.45. The maximum absolute atomic E-state index is 11.9. The van der Waals surface area contributed by atoms with Crippen molar-refractivity contribution in [3.05, 3.63) is 0 Å². The summed E-state index contributed by atoms with van der Waals surface area (Å²) >= 11 is 0. The van der Waals surface area contributed by atoms with E-state index in [-0.39, 0.29) is 24.0 Å². The summed E-state index contributed by atoms with van der Waals surface area (Å²) in [6.45, 7) is 1.89. The molecule has 0 amide bonds. The van der Waals surface area contributed by atoms with E-state index in [0.717, 1.165) is 51.4 Å². The number of hydrogen-bond acceptors (Lipinski definition) is 3. The second-order valence-corrected chi connectivity index (χ2v) is 6.60. The molecule has 0 aromatic heterocycles. The molecule has 0 heterocycles. The topological polar surface area (TPSA) is 77.8 Å². The summed E-state index contributed by atoms with van der Waals surface area (Å²) in [5.74, 6) is -0.377. The van der Waals surface area contributed by atoms with Crippen molar-refractivity contribution in [2.24, 2.45) is 17.3 Å². The SMILES string of the molecule is CC(C(=O)O)(C1CCC(O)CC1)C1CCC(O)CC1. The number of aliphatic carboxylic acids is 1. The van der Waals surface area contributed by atoms with Gasteiger partial charge in [-0.1, -0.05) is 0 Å². The van der Waals surface area contributed by atoms with Crippen LogP contribution in [0.1, 0.15) is 58.3 Å². The fraction of sp³-hybridized carbons (Fsp3) is 0.933. The Balaban J connectivity index is 2.11. The van der Waals surface area contributed by atoms with Crippen LogP contribution >= 0.6 is 0 Å². The van der Waals surface area contributed by atoms with Crippen LogP contribution in [0.2, 0.25) is 0 Å². The molecule has 3 N–H and O–H groups in total. The lowest BCUT2D eigenvalue weighted by Crippen LogP contribution is -2.46. The smallest absolute Gasteiger partial charge is 0.309 e. The van der Waals surface area contributed by atoms with Crippen molar-refractivity contribution >= 4 is 5.97 Å². The van der Waals surface area contributed by atoms with Crippen molar-refractivity contribution in [1.29, 1.82) is 0 Å². The second kappa shape index (κ2) is 5.80. The number of carboxylic acid groups (broad SMARTS) is 1. The Labute approximate surface area is 114 Å². The molecule has 2 aliphatic carbocycles. The molecule has 2 fully saturated rings. The minimum Gasteiger partial charge on any atom is -0.481 e. The first-order valence-electron chi connectivity index (χ1n) is 7.54. The molecule has 0 unspecified atom stereocenters. The van der Waals surface area contributed by atoms with E-state index < -0.39 is 11.4 Å². The number of carbonyl (C=O) groups is 1. The third-order valence-corrected chi connectivity index (χ3v) is 5.55. The lowest BCUT2D eigenvalue weighted by molar-refractivity contribution is -0.159. The highest BCUT2D eigenvalue weighted by Gasteiger charge is 2.48. The third kappa shape index (κ3) is 2.95. The predicted molar refractivity (Wildman–Crippen MR) is 71.7 cm³/mol. The Morgan fingerprint density at radius 3 is 1.42 bits per heavy atom. The van der Waals surface area contributed by atoms with E-state index >= 15 is 0 Å². The van der Waals surface area contributed by atoms with Crippen LogP contribution in [0.4, 0.5) is 0 Å². The van der Waals surface area contributed by atoms with E-state index in [1.165, 1.54) is 0 Å². The average molecular weight is 270 g/mol. The average Bonchev–Trinajstić information content (AvgIpc) is 2.39. The molecule has 110 valence electrons. The maximum atomic E-state index is 11.9. The molecule has 0 radical (unpaired) electrons. The van der Waals surface area contributed by atoms with Gasteiger partial charge in [-0.2, -0.15) is 0 Å². The summed E-state index contributed by atoms with van der Waals surface area (Å²) in [6, 6.07) is 0. The molecule has 0 spiro atoms. The van der Waals surface area contributed by atoms with Crippen molar-refractivity contribution < 1.29 is 20.1 Å². The molecular formula is C15H26O4. The molecule has 0 bridgehead atoms. The van der Waals surface area contributed by atoms with Crippen molar-refractivity contribution in [3.63, 3.8) is 0 Å². The van der Waals surface area contributed by atoms with Crippen LogP contribution in [-0.2, 0) is 4.79 Å². The number of rotatable bonds is 3. The van der Waals surface area contributed by atoms with Gasteiger partial charge < -0.3 is 15.3 Å². The predicted octanol–water partition coefficient (Wildman–Crippen LogP) is 2.18. The second-order valence-electron chi connectivity index (χ2n) is 6.60. The Bertz CT molecular complexity index is 290. The highest BCUT2D eigenvalue weighted by Crippen LogP contribution is 2.48. The first-order chi connectivity index (χ1) is 8.94.